The van der Waals surface area contributed by atoms with E-state index >= 15 is 0 Å². The average Bonchev–Trinajstić information content (AvgIpc) is 2.61. The molecule has 1 aromatic carbocycles. The van der Waals surface area contributed by atoms with Crippen molar-refractivity contribution in [2.75, 3.05) is 0 Å². The molecule has 0 aliphatic heterocycles. The van der Waals surface area contributed by atoms with Crippen molar-refractivity contribution < 1.29 is 4.79 Å². The van der Waals surface area contributed by atoms with Gasteiger partial charge in [0, 0.05) is 28.7 Å². The lowest BCUT2D eigenvalue weighted by atomic mass is 10.3. The van der Waals surface area contributed by atoms with E-state index in [2.05, 4.69) is 4.99 Å². The maximum Gasteiger partial charge on any atom is 0.245 e. The third-order valence-electron chi connectivity index (χ3n) is 2.22. The first-order valence-electron chi connectivity index (χ1n) is 5.06. The highest BCUT2D eigenvalue weighted by molar-refractivity contribution is 7.07. The Kier molecular flexibility index (Phi) is 3.45. The van der Waals surface area contributed by atoms with Crippen molar-refractivity contribution in [3.8, 4) is 5.69 Å². The Morgan fingerprint density at radius 3 is 2.59 bits per heavy atom. The first-order chi connectivity index (χ1) is 8.08. The molecule has 0 unspecified atom stereocenters. The molecular weight excluding hydrogens is 256 g/mol. The number of halogens is 1. The summed E-state index contributed by atoms with van der Waals surface area (Å²) in [6, 6.07) is 7.44. The van der Waals surface area contributed by atoms with E-state index in [0.717, 1.165) is 11.4 Å². The fraction of sp³-hybridized carbons (Fsp3) is 0.167. The van der Waals surface area contributed by atoms with E-state index < -0.39 is 0 Å². The molecule has 0 bridgehead atoms. The van der Waals surface area contributed by atoms with Crippen LogP contribution in [0.4, 0.5) is 0 Å². The largest absolute Gasteiger partial charge is 0.290 e. The summed E-state index contributed by atoms with van der Waals surface area (Å²) < 4.78 is 1.93. The van der Waals surface area contributed by atoms with Gasteiger partial charge in [-0.2, -0.15) is 4.99 Å². The van der Waals surface area contributed by atoms with Gasteiger partial charge in [-0.05, 0) is 31.2 Å². The molecular formula is C12H11ClN2OS. The highest BCUT2D eigenvalue weighted by Gasteiger charge is 2.04. The molecule has 0 N–H and O–H groups in total. The lowest BCUT2D eigenvalue weighted by Crippen LogP contribution is -2.15. The summed E-state index contributed by atoms with van der Waals surface area (Å²) >= 11 is 7.30. The van der Waals surface area contributed by atoms with E-state index in [1.807, 2.05) is 41.1 Å². The van der Waals surface area contributed by atoms with E-state index in [1.54, 1.807) is 0 Å². The molecule has 1 aromatic heterocycles. The predicted octanol–water partition coefficient (Wildman–Crippen LogP) is 2.95. The molecule has 3 nitrogen and oxygen atoms in total. The first kappa shape index (κ1) is 12.1. The van der Waals surface area contributed by atoms with Gasteiger partial charge in [0.15, 0.2) is 4.80 Å². The molecule has 88 valence electrons. The van der Waals surface area contributed by atoms with Crippen molar-refractivity contribution in [1.82, 2.24) is 4.57 Å². The third-order valence-corrected chi connectivity index (χ3v) is 3.41. The number of thiazole rings is 1. The number of benzene rings is 1. The SMILES string of the molecule is CC(=O)N=c1scc(C)n1-c1ccc(Cl)cc1. The molecule has 17 heavy (non-hydrogen) atoms. The van der Waals surface area contributed by atoms with Crippen LogP contribution in [0, 0.1) is 6.92 Å². The number of aryl methyl sites for hydroxylation is 1. The molecule has 1 heterocycles. The fourth-order valence-electron chi connectivity index (χ4n) is 1.51. The first-order valence-corrected chi connectivity index (χ1v) is 6.32. The molecule has 1 amide bonds. The molecule has 0 radical (unpaired) electrons. The van der Waals surface area contributed by atoms with Crippen LogP contribution in [0.2, 0.25) is 5.02 Å². The van der Waals surface area contributed by atoms with Gasteiger partial charge in [0.2, 0.25) is 5.91 Å². The number of aromatic nitrogens is 1. The van der Waals surface area contributed by atoms with E-state index in [0.29, 0.717) is 9.82 Å². The molecule has 0 fully saturated rings. The minimum absolute atomic E-state index is 0.199. The molecule has 0 aliphatic rings. The monoisotopic (exact) mass is 266 g/mol. The Bertz CT molecular complexity index is 610. The second-order valence-corrected chi connectivity index (χ2v) is 4.88. The number of amides is 1. The summed E-state index contributed by atoms with van der Waals surface area (Å²) in [6.45, 7) is 3.42. The number of hydrogen-bond donors (Lipinski definition) is 0. The quantitative estimate of drug-likeness (QED) is 0.781. The van der Waals surface area contributed by atoms with Crippen LogP contribution in [0.5, 0.6) is 0 Å². The van der Waals surface area contributed by atoms with Crippen LogP contribution in [-0.2, 0) is 4.79 Å². The van der Waals surface area contributed by atoms with Crippen LogP contribution >= 0.6 is 22.9 Å². The lowest BCUT2D eigenvalue weighted by molar-refractivity contribution is -0.116. The van der Waals surface area contributed by atoms with E-state index in [1.165, 1.54) is 18.3 Å². The van der Waals surface area contributed by atoms with Crippen molar-refractivity contribution >= 4 is 28.8 Å². The number of carbonyl (C=O) groups is 1. The average molecular weight is 267 g/mol. The minimum atomic E-state index is -0.199. The molecule has 0 saturated heterocycles. The number of hydrogen-bond acceptors (Lipinski definition) is 2. The molecule has 2 rings (SSSR count). The number of rotatable bonds is 1. The Labute approximate surface area is 108 Å². The van der Waals surface area contributed by atoms with Crippen LogP contribution in [0.25, 0.3) is 5.69 Å². The van der Waals surface area contributed by atoms with Gasteiger partial charge in [0.25, 0.3) is 0 Å². The van der Waals surface area contributed by atoms with Crippen LogP contribution in [-0.4, -0.2) is 10.5 Å². The maximum absolute atomic E-state index is 11.1. The van der Waals surface area contributed by atoms with E-state index in [-0.39, 0.29) is 5.91 Å². The highest BCUT2D eigenvalue weighted by atomic mass is 35.5. The second kappa shape index (κ2) is 4.85. The smallest absolute Gasteiger partial charge is 0.245 e. The maximum atomic E-state index is 11.1. The van der Waals surface area contributed by atoms with Crippen molar-refractivity contribution in [3.05, 3.63) is 45.2 Å². The summed E-state index contributed by atoms with van der Waals surface area (Å²) in [4.78, 5) is 15.7. The van der Waals surface area contributed by atoms with Crippen molar-refractivity contribution in [1.29, 1.82) is 0 Å². The van der Waals surface area contributed by atoms with Gasteiger partial charge in [-0.25, -0.2) is 0 Å². The van der Waals surface area contributed by atoms with Gasteiger partial charge < -0.3 is 0 Å². The molecule has 2 aromatic rings. The predicted molar refractivity (Wildman–Crippen MR) is 69.6 cm³/mol. The van der Waals surface area contributed by atoms with Gasteiger partial charge in [-0.1, -0.05) is 11.6 Å². The Hall–Kier alpha value is -1.39. The Balaban J connectivity index is 2.62. The zero-order valence-electron chi connectivity index (χ0n) is 9.48. The number of carbonyl (C=O) groups excluding carboxylic acids is 1. The minimum Gasteiger partial charge on any atom is -0.290 e. The van der Waals surface area contributed by atoms with Crippen molar-refractivity contribution in [3.63, 3.8) is 0 Å². The summed E-state index contributed by atoms with van der Waals surface area (Å²) in [5.41, 5.74) is 1.99. The van der Waals surface area contributed by atoms with E-state index in [9.17, 15) is 4.79 Å². The summed E-state index contributed by atoms with van der Waals surface area (Å²) in [5, 5.41) is 2.66. The summed E-state index contributed by atoms with van der Waals surface area (Å²) in [5.74, 6) is -0.199. The summed E-state index contributed by atoms with van der Waals surface area (Å²) in [7, 11) is 0. The third kappa shape index (κ3) is 2.65. The zero-order chi connectivity index (χ0) is 12.4. The van der Waals surface area contributed by atoms with Gasteiger partial charge in [0.05, 0.1) is 0 Å². The zero-order valence-corrected chi connectivity index (χ0v) is 11.0. The Morgan fingerprint density at radius 2 is 2.00 bits per heavy atom. The highest BCUT2D eigenvalue weighted by Crippen LogP contribution is 2.14. The van der Waals surface area contributed by atoms with Crippen LogP contribution in [0.1, 0.15) is 12.6 Å². The van der Waals surface area contributed by atoms with Gasteiger partial charge in [-0.15, -0.1) is 11.3 Å². The molecule has 0 aliphatic carbocycles. The van der Waals surface area contributed by atoms with Crippen molar-refractivity contribution in [2.24, 2.45) is 4.99 Å². The van der Waals surface area contributed by atoms with Crippen molar-refractivity contribution in [2.45, 2.75) is 13.8 Å². The second-order valence-electron chi connectivity index (χ2n) is 3.60. The molecule has 5 heteroatoms. The van der Waals surface area contributed by atoms with E-state index in [4.69, 9.17) is 11.6 Å². The van der Waals surface area contributed by atoms with Gasteiger partial charge in [-0.3, -0.25) is 9.36 Å². The fourth-order valence-corrected chi connectivity index (χ4v) is 2.55. The normalized spacial score (nSPS) is 11.8. The Morgan fingerprint density at radius 1 is 1.35 bits per heavy atom. The van der Waals surface area contributed by atoms with Crippen LogP contribution in [0.3, 0.4) is 0 Å². The molecule has 0 spiro atoms. The topological polar surface area (TPSA) is 34.4 Å². The lowest BCUT2D eigenvalue weighted by Gasteiger charge is -2.05. The summed E-state index contributed by atoms with van der Waals surface area (Å²) in [6.07, 6.45) is 0. The van der Waals surface area contributed by atoms with Gasteiger partial charge >= 0.3 is 0 Å². The molecule has 0 saturated carbocycles. The van der Waals surface area contributed by atoms with Crippen LogP contribution in [0.15, 0.2) is 34.6 Å². The molecule has 0 atom stereocenters. The van der Waals surface area contributed by atoms with Gasteiger partial charge in [0.1, 0.15) is 0 Å². The number of nitrogens with zero attached hydrogens (tertiary/aromatic N) is 2. The standard InChI is InChI=1S/C12H11ClN2OS/c1-8-7-17-12(14-9(2)16)15(8)11-5-3-10(13)4-6-11/h3-7H,1-2H3. The van der Waals surface area contributed by atoms with Crippen LogP contribution < -0.4 is 4.80 Å².